The summed E-state index contributed by atoms with van der Waals surface area (Å²) in [5, 5.41) is 19.7. The van der Waals surface area contributed by atoms with Crippen molar-refractivity contribution >= 4 is 11.0 Å². The van der Waals surface area contributed by atoms with Gasteiger partial charge in [-0.3, -0.25) is 4.90 Å². The van der Waals surface area contributed by atoms with Crippen LogP contribution in [0.4, 0.5) is 0 Å². The van der Waals surface area contributed by atoms with E-state index in [9.17, 15) is 5.11 Å². The second-order valence-corrected chi connectivity index (χ2v) is 9.08. The zero-order chi connectivity index (χ0) is 22.1. The number of para-hydroxylation sites is 1. The molecular formula is C25H32N4O3. The number of H-pyrrole nitrogens is 1. The number of ether oxygens (including phenoxy) is 2. The summed E-state index contributed by atoms with van der Waals surface area (Å²) >= 11 is 0. The first kappa shape index (κ1) is 21.4. The molecule has 1 saturated carbocycles. The van der Waals surface area contributed by atoms with Gasteiger partial charge in [0, 0.05) is 55.4 Å². The van der Waals surface area contributed by atoms with Crippen LogP contribution in [0.25, 0.3) is 22.3 Å². The van der Waals surface area contributed by atoms with Crippen LogP contribution in [-0.2, 0) is 11.2 Å². The molecule has 3 heterocycles. The Labute approximate surface area is 188 Å². The number of methoxy groups -OCH3 is 1. The molecule has 5 rings (SSSR count). The van der Waals surface area contributed by atoms with E-state index in [-0.39, 0.29) is 6.79 Å². The molecule has 170 valence electrons. The van der Waals surface area contributed by atoms with Crippen LogP contribution in [-0.4, -0.2) is 58.3 Å². The summed E-state index contributed by atoms with van der Waals surface area (Å²) < 4.78 is 10.8. The van der Waals surface area contributed by atoms with E-state index in [1.807, 2.05) is 24.3 Å². The van der Waals surface area contributed by atoms with Crippen LogP contribution in [0.2, 0.25) is 0 Å². The van der Waals surface area contributed by atoms with Crippen molar-refractivity contribution < 1.29 is 14.6 Å². The summed E-state index contributed by atoms with van der Waals surface area (Å²) in [5.74, 6) is 1.22. The number of rotatable bonds is 6. The van der Waals surface area contributed by atoms with Gasteiger partial charge in [0.2, 0.25) is 0 Å². The van der Waals surface area contributed by atoms with E-state index < -0.39 is 0 Å². The molecule has 1 aromatic carbocycles. The number of benzene rings is 1. The third kappa shape index (κ3) is 3.89. The number of aromatic amines is 1. The van der Waals surface area contributed by atoms with Crippen LogP contribution in [0.3, 0.4) is 0 Å². The molecule has 0 saturated heterocycles. The lowest BCUT2D eigenvalue weighted by atomic mass is 9.84. The minimum Gasteiger partial charge on any atom is -0.467 e. The minimum absolute atomic E-state index is 0.191. The Bertz CT molecular complexity index is 1070. The van der Waals surface area contributed by atoms with Crippen molar-refractivity contribution in [1.29, 1.82) is 0 Å². The second-order valence-electron chi connectivity index (χ2n) is 9.08. The van der Waals surface area contributed by atoms with E-state index in [0.29, 0.717) is 24.6 Å². The molecule has 1 atom stereocenters. The third-order valence-electron chi connectivity index (χ3n) is 7.25. The third-order valence-corrected chi connectivity index (χ3v) is 7.25. The molecule has 2 aromatic heterocycles. The molecule has 7 heteroatoms. The van der Waals surface area contributed by atoms with Gasteiger partial charge in [0.05, 0.1) is 5.69 Å². The molecule has 1 aliphatic heterocycles. The second kappa shape index (κ2) is 9.17. The maximum absolute atomic E-state index is 9.50. The Morgan fingerprint density at radius 2 is 1.97 bits per heavy atom. The Kier molecular flexibility index (Phi) is 6.13. The molecule has 0 amide bonds. The summed E-state index contributed by atoms with van der Waals surface area (Å²) in [4.78, 5) is 6.19. The highest BCUT2D eigenvalue weighted by Gasteiger charge is 2.34. The van der Waals surface area contributed by atoms with Crippen molar-refractivity contribution in [2.45, 2.75) is 51.1 Å². The van der Waals surface area contributed by atoms with Gasteiger partial charge < -0.3 is 19.6 Å². The SMILES string of the molecule is COCOc1ccccc1-c1cc2c3c([nH]c2nn1)CCN(C1CCC(CO)CC1)C3C. The van der Waals surface area contributed by atoms with Gasteiger partial charge in [-0.2, -0.15) is 0 Å². The van der Waals surface area contributed by atoms with Crippen LogP contribution in [0.15, 0.2) is 30.3 Å². The number of aromatic nitrogens is 3. The Morgan fingerprint density at radius 1 is 1.16 bits per heavy atom. The van der Waals surface area contributed by atoms with Crippen molar-refractivity contribution in [3.8, 4) is 17.0 Å². The van der Waals surface area contributed by atoms with E-state index >= 15 is 0 Å². The van der Waals surface area contributed by atoms with Gasteiger partial charge in [0.15, 0.2) is 12.4 Å². The first-order chi connectivity index (χ1) is 15.7. The van der Waals surface area contributed by atoms with Crippen molar-refractivity contribution in [1.82, 2.24) is 20.1 Å². The van der Waals surface area contributed by atoms with E-state index in [1.165, 1.54) is 24.1 Å². The fourth-order valence-electron chi connectivity index (χ4n) is 5.55. The number of aliphatic hydroxyl groups excluding tert-OH is 1. The molecule has 2 N–H and O–H groups in total. The van der Waals surface area contributed by atoms with Crippen molar-refractivity contribution in [2.75, 3.05) is 27.1 Å². The molecule has 1 unspecified atom stereocenters. The number of nitrogens with one attached hydrogen (secondary N) is 1. The molecule has 32 heavy (non-hydrogen) atoms. The molecule has 0 spiro atoms. The summed E-state index contributed by atoms with van der Waals surface area (Å²) in [5.41, 5.74) is 5.20. The van der Waals surface area contributed by atoms with Gasteiger partial charge in [-0.05, 0) is 62.3 Å². The Morgan fingerprint density at radius 3 is 2.75 bits per heavy atom. The average Bonchev–Trinajstić information content (AvgIpc) is 3.22. The summed E-state index contributed by atoms with van der Waals surface area (Å²) in [6.07, 6.45) is 5.59. The quantitative estimate of drug-likeness (QED) is 0.567. The number of hydrogen-bond donors (Lipinski definition) is 2. The predicted octanol–water partition coefficient (Wildman–Crippen LogP) is 4.08. The number of hydrogen-bond acceptors (Lipinski definition) is 6. The van der Waals surface area contributed by atoms with E-state index in [1.54, 1.807) is 7.11 Å². The van der Waals surface area contributed by atoms with Gasteiger partial charge in [0.25, 0.3) is 0 Å². The summed E-state index contributed by atoms with van der Waals surface area (Å²) in [6.45, 7) is 3.89. The highest BCUT2D eigenvalue weighted by atomic mass is 16.7. The average molecular weight is 437 g/mol. The van der Waals surface area contributed by atoms with Crippen molar-refractivity contribution in [2.24, 2.45) is 5.92 Å². The summed E-state index contributed by atoms with van der Waals surface area (Å²) in [6, 6.07) is 10.9. The van der Waals surface area contributed by atoms with Crippen LogP contribution >= 0.6 is 0 Å². The lowest BCUT2D eigenvalue weighted by Crippen LogP contribution is -2.43. The number of aliphatic hydroxyl groups is 1. The molecule has 0 radical (unpaired) electrons. The van der Waals surface area contributed by atoms with E-state index in [4.69, 9.17) is 9.47 Å². The van der Waals surface area contributed by atoms with E-state index in [2.05, 4.69) is 33.1 Å². The highest BCUT2D eigenvalue weighted by Crippen LogP contribution is 2.40. The van der Waals surface area contributed by atoms with Gasteiger partial charge in [-0.1, -0.05) is 12.1 Å². The van der Waals surface area contributed by atoms with Gasteiger partial charge in [-0.15, -0.1) is 10.2 Å². The van der Waals surface area contributed by atoms with Crippen LogP contribution in [0, 0.1) is 5.92 Å². The molecule has 2 aliphatic rings. The van der Waals surface area contributed by atoms with Crippen LogP contribution < -0.4 is 4.74 Å². The molecule has 7 nitrogen and oxygen atoms in total. The molecule has 1 aliphatic carbocycles. The maximum Gasteiger partial charge on any atom is 0.188 e. The number of fused-ring (bicyclic) bond motifs is 3. The molecular weight excluding hydrogens is 404 g/mol. The Balaban J connectivity index is 1.47. The zero-order valence-electron chi connectivity index (χ0n) is 18.9. The first-order valence-corrected chi connectivity index (χ1v) is 11.7. The van der Waals surface area contributed by atoms with Crippen LogP contribution in [0.5, 0.6) is 5.75 Å². The topological polar surface area (TPSA) is 83.5 Å². The van der Waals surface area contributed by atoms with Gasteiger partial charge in [-0.25, -0.2) is 0 Å². The van der Waals surface area contributed by atoms with Gasteiger partial charge in [0.1, 0.15) is 5.75 Å². The smallest absolute Gasteiger partial charge is 0.188 e. The predicted molar refractivity (Wildman–Crippen MR) is 123 cm³/mol. The lowest BCUT2D eigenvalue weighted by Gasteiger charge is -2.42. The molecule has 3 aromatic rings. The van der Waals surface area contributed by atoms with Crippen molar-refractivity contribution in [3.05, 3.63) is 41.6 Å². The van der Waals surface area contributed by atoms with Gasteiger partial charge >= 0.3 is 0 Å². The van der Waals surface area contributed by atoms with E-state index in [0.717, 1.165) is 53.8 Å². The summed E-state index contributed by atoms with van der Waals surface area (Å²) in [7, 11) is 1.62. The number of nitrogens with zero attached hydrogens (tertiary/aromatic N) is 3. The minimum atomic E-state index is 0.191. The van der Waals surface area contributed by atoms with Crippen molar-refractivity contribution in [3.63, 3.8) is 0 Å². The standard InChI is InChI=1S/C25H32N4O3/c1-16-24-20-13-22(19-5-3-4-6-23(19)32-15-31-2)27-28-25(20)26-21(24)11-12-29(16)18-9-7-17(14-30)8-10-18/h3-6,13,16-18,30H,7-12,14-15H2,1-2H3,(H,26,28). The maximum atomic E-state index is 9.50. The highest BCUT2D eigenvalue weighted by molar-refractivity contribution is 5.86. The zero-order valence-corrected chi connectivity index (χ0v) is 18.9. The molecule has 1 fully saturated rings. The first-order valence-electron chi connectivity index (χ1n) is 11.7. The Hall–Kier alpha value is -2.48. The fraction of sp³-hybridized carbons (Fsp3) is 0.520. The molecule has 0 bridgehead atoms. The lowest BCUT2D eigenvalue weighted by molar-refractivity contribution is 0.0515. The largest absolute Gasteiger partial charge is 0.467 e. The fourth-order valence-corrected chi connectivity index (χ4v) is 5.55. The normalized spacial score (nSPS) is 23.9. The van der Waals surface area contributed by atoms with Crippen LogP contribution in [0.1, 0.15) is 49.9 Å². The monoisotopic (exact) mass is 436 g/mol.